The van der Waals surface area contributed by atoms with E-state index < -0.39 is 22.6 Å². The summed E-state index contributed by atoms with van der Waals surface area (Å²) in [4.78, 5) is 38.3. The number of Topliss-reactive ketones (excluding diaryl/α,β-unsaturated/α-hetero) is 1. The fourth-order valence-electron chi connectivity index (χ4n) is 3.75. The minimum atomic E-state index is -0.992. The van der Waals surface area contributed by atoms with Crippen LogP contribution in [0.4, 0.5) is 5.69 Å². The molecule has 1 amide bonds. The van der Waals surface area contributed by atoms with Crippen molar-refractivity contribution >= 4 is 17.4 Å². The summed E-state index contributed by atoms with van der Waals surface area (Å²) in [5.41, 5.74) is 0.953. The highest BCUT2D eigenvalue weighted by atomic mass is 16.6. The number of nitrogens with zero attached hydrogens (tertiary/aromatic N) is 2. The van der Waals surface area contributed by atoms with Gasteiger partial charge < -0.3 is 10.0 Å². The molecule has 7 heteroatoms. The molecule has 0 radical (unpaired) electrons. The van der Waals surface area contributed by atoms with Crippen LogP contribution in [0.2, 0.25) is 0 Å². The zero-order valence-electron chi connectivity index (χ0n) is 16.9. The van der Waals surface area contributed by atoms with Gasteiger partial charge in [0.25, 0.3) is 11.6 Å². The van der Waals surface area contributed by atoms with Gasteiger partial charge in [0.05, 0.1) is 22.1 Å². The largest absolute Gasteiger partial charge is 0.503 e. The molecule has 0 fully saturated rings. The van der Waals surface area contributed by atoms with Crippen LogP contribution in [0, 0.1) is 16.0 Å². The van der Waals surface area contributed by atoms with Crippen molar-refractivity contribution in [1.29, 1.82) is 0 Å². The van der Waals surface area contributed by atoms with E-state index in [-0.39, 0.29) is 41.5 Å². The second-order valence-corrected chi connectivity index (χ2v) is 7.74. The van der Waals surface area contributed by atoms with Gasteiger partial charge in [0.15, 0.2) is 11.5 Å². The Hall–Kier alpha value is -3.48. The fourth-order valence-corrected chi connectivity index (χ4v) is 3.75. The van der Waals surface area contributed by atoms with Gasteiger partial charge in [-0.1, -0.05) is 56.3 Å². The third kappa shape index (κ3) is 4.25. The molecule has 2 aromatic rings. The van der Waals surface area contributed by atoms with Crippen molar-refractivity contribution < 1.29 is 19.6 Å². The molecule has 156 valence electrons. The molecule has 0 aromatic heterocycles. The van der Waals surface area contributed by atoms with Crippen LogP contribution in [-0.2, 0) is 16.0 Å². The van der Waals surface area contributed by atoms with Crippen molar-refractivity contribution in [3.63, 3.8) is 0 Å². The molecule has 1 aliphatic heterocycles. The Bertz CT molecular complexity index is 998. The van der Waals surface area contributed by atoms with Crippen LogP contribution in [0.15, 0.2) is 65.9 Å². The van der Waals surface area contributed by atoms with Crippen LogP contribution >= 0.6 is 0 Å². The van der Waals surface area contributed by atoms with Crippen LogP contribution in [0.25, 0.3) is 0 Å². The molecule has 30 heavy (non-hydrogen) atoms. The van der Waals surface area contributed by atoms with E-state index >= 15 is 0 Å². The van der Waals surface area contributed by atoms with E-state index in [1.165, 1.54) is 23.1 Å². The summed E-state index contributed by atoms with van der Waals surface area (Å²) >= 11 is 0. The van der Waals surface area contributed by atoms with Crippen molar-refractivity contribution in [2.45, 2.75) is 32.7 Å². The van der Waals surface area contributed by atoms with Crippen molar-refractivity contribution in [3.8, 4) is 0 Å². The quantitative estimate of drug-likeness (QED) is 0.522. The number of carbonyl (C=O) groups excluding carboxylic acids is 2. The first-order valence-corrected chi connectivity index (χ1v) is 9.85. The Kier molecular flexibility index (Phi) is 6.30. The van der Waals surface area contributed by atoms with Crippen molar-refractivity contribution in [1.82, 2.24) is 4.90 Å². The number of benzene rings is 2. The lowest BCUT2D eigenvalue weighted by Crippen LogP contribution is -2.33. The highest BCUT2D eigenvalue weighted by Crippen LogP contribution is 2.41. The number of carbonyl (C=O) groups is 2. The second kappa shape index (κ2) is 8.90. The number of hydrogen-bond acceptors (Lipinski definition) is 5. The van der Waals surface area contributed by atoms with Gasteiger partial charge in [-0.2, -0.15) is 0 Å². The van der Waals surface area contributed by atoms with E-state index in [1.807, 2.05) is 44.2 Å². The van der Waals surface area contributed by atoms with E-state index in [2.05, 4.69) is 0 Å². The van der Waals surface area contributed by atoms with Crippen LogP contribution in [0.3, 0.4) is 0 Å². The van der Waals surface area contributed by atoms with Crippen LogP contribution in [-0.4, -0.2) is 33.2 Å². The Morgan fingerprint density at radius 3 is 2.40 bits per heavy atom. The number of hydrogen-bond donors (Lipinski definition) is 1. The lowest BCUT2D eigenvalue weighted by Gasteiger charge is -2.27. The maximum absolute atomic E-state index is 12.9. The van der Waals surface area contributed by atoms with Crippen molar-refractivity contribution in [3.05, 3.63) is 87.2 Å². The van der Waals surface area contributed by atoms with Gasteiger partial charge in [0, 0.05) is 19.0 Å². The van der Waals surface area contributed by atoms with Gasteiger partial charge in [0.1, 0.15) is 0 Å². The number of rotatable bonds is 8. The molecule has 0 aliphatic carbocycles. The van der Waals surface area contributed by atoms with Gasteiger partial charge in [0.2, 0.25) is 0 Å². The number of aliphatic hydroxyl groups is 1. The zero-order chi connectivity index (χ0) is 21.8. The summed E-state index contributed by atoms with van der Waals surface area (Å²) in [6.45, 7) is 3.93. The smallest absolute Gasteiger partial charge is 0.290 e. The van der Waals surface area contributed by atoms with Gasteiger partial charge in [-0.05, 0) is 24.0 Å². The van der Waals surface area contributed by atoms with Gasteiger partial charge in [-0.3, -0.25) is 19.7 Å². The average Bonchev–Trinajstić information content (AvgIpc) is 2.97. The average molecular weight is 408 g/mol. The predicted molar refractivity (Wildman–Crippen MR) is 112 cm³/mol. The summed E-state index contributed by atoms with van der Waals surface area (Å²) in [6.07, 6.45) is 0.624. The zero-order valence-corrected chi connectivity index (χ0v) is 16.9. The summed E-state index contributed by atoms with van der Waals surface area (Å²) in [6, 6.07) is 14.5. The summed E-state index contributed by atoms with van der Waals surface area (Å²) in [5.74, 6) is -1.66. The third-order valence-electron chi connectivity index (χ3n) is 5.11. The molecule has 0 saturated heterocycles. The first-order chi connectivity index (χ1) is 14.3. The number of nitro benzene ring substituents is 1. The van der Waals surface area contributed by atoms with Crippen molar-refractivity contribution in [2.75, 3.05) is 6.54 Å². The van der Waals surface area contributed by atoms with Gasteiger partial charge in [-0.25, -0.2) is 0 Å². The molecule has 7 nitrogen and oxygen atoms in total. The first-order valence-electron chi connectivity index (χ1n) is 9.85. The molecule has 2 aromatic carbocycles. The lowest BCUT2D eigenvalue weighted by molar-refractivity contribution is -0.385. The molecule has 1 aliphatic rings. The molecular formula is C23H24N2O5. The number of amides is 1. The minimum absolute atomic E-state index is 0.0117. The fraction of sp³-hybridized carbons (Fsp3) is 0.304. The maximum atomic E-state index is 12.9. The monoisotopic (exact) mass is 408 g/mol. The molecule has 0 saturated carbocycles. The highest BCUT2D eigenvalue weighted by Gasteiger charge is 2.45. The van der Waals surface area contributed by atoms with E-state index in [9.17, 15) is 24.8 Å². The number of aliphatic hydroxyl groups excluding tert-OH is 1. The summed E-state index contributed by atoms with van der Waals surface area (Å²) < 4.78 is 0. The van der Waals surface area contributed by atoms with Crippen LogP contribution < -0.4 is 0 Å². The van der Waals surface area contributed by atoms with Crippen LogP contribution in [0.5, 0.6) is 0 Å². The highest BCUT2D eigenvalue weighted by molar-refractivity contribution is 6.09. The topological polar surface area (TPSA) is 101 Å². The predicted octanol–water partition coefficient (Wildman–Crippen LogP) is 4.15. The Morgan fingerprint density at radius 1 is 1.13 bits per heavy atom. The molecular weight excluding hydrogens is 384 g/mol. The van der Waals surface area contributed by atoms with Crippen molar-refractivity contribution in [2.24, 2.45) is 5.92 Å². The Balaban J connectivity index is 2.05. The molecule has 1 heterocycles. The van der Waals surface area contributed by atoms with Gasteiger partial charge in [-0.15, -0.1) is 0 Å². The minimum Gasteiger partial charge on any atom is -0.503 e. The molecule has 0 bridgehead atoms. The third-order valence-corrected chi connectivity index (χ3v) is 5.11. The molecule has 1 atom stereocenters. The second-order valence-electron chi connectivity index (χ2n) is 7.74. The number of nitro groups is 1. The Labute approximate surface area is 174 Å². The van der Waals surface area contributed by atoms with E-state index in [1.54, 1.807) is 6.07 Å². The van der Waals surface area contributed by atoms with E-state index in [0.717, 1.165) is 5.56 Å². The number of para-hydroxylation sites is 1. The molecule has 3 rings (SSSR count). The van der Waals surface area contributed by atoms with E-state index in [0.29, 0.717) is 6.42 Å². The SMILES string of the molecule is CC(C)CC(=O)C1=C(O)C(=O)N(CCc2ccccc2)C1c1ccccc1[N+](=O)[O-]. The summed E-state index contributed by atoms with van der Waals surface area (Å²) in [7, 11) is 0. The maximum Gasteiger partial charge on any atom is 0.290 e. The molecule has 1 unspecified atom stereocenters. The Morgan fingerprint density at radius 2 is 1.77 bits per heavy atom. The number of ketones is 1. The van der Waals surface area contributed by atoms with Crippen LogP contribution in [0.1, 0.15) is 37.4 Å². The molecule has 1 N–H and O–H groups in total. The van der Waals surface area contributed by atoms with E-state index in [4.69, 9.17) is 0 Å². The summed E-state index contributed by atoms with van der Waals surface area (Å²) in [5, 5.41) is 22.2. The van der Waals surface area contributed by atoms with Gasteiger partial charge >= 0.3 is 0 Å². The molecule has 0 spiro atoms. The standard InChI is InChI=1S/C23H24N2O5/c1-15(2)14-19(26)20-21(17-10-6-7-11-18(17)25(29)30)24(23(28)22(20)27)13-12-16-8-4-3-5-9-16/h3-11,15,21,27H,12-14H2,1-2H3. The first kappa shape index (κ1) is 21.2. The lowest BCUT2D eigenvalue weighted by atomic mass is 9.91. The normalized spacial score (nSPS) is 16.4.